The van der Waals surface area contributed by atoms with Gasteiger partial charge in [-0.25, -0.2) is 8.42 Å². The van der Waals surface area contributed by atoms with Gasteiger partial charge in [0.05, 0.1) is 11.8 Å². The number of rotatable bonds is 2. The third kappa shape index (κ3) is 2.82. The van der Waals surface area contributed by atoms with Crippen LogP contribution in [0.2, 0.25) is 0 Å². The van der Waals surface area contributed by atoms with Crippen molar-refractivity contribution in [2.24, 2.45) is 5.92 Å². The van der Waals surface area contributed by atoms with Gasteiger partial charge in [0.2, 0.25) is 5.91 Å². The normalized spacial score (nSPS) is 29.1. The fraction of sp³-hybridized carbons (Fsp3) is 0.700. The molecule has 2 aliphatic heterocycles. The van der Waals surface area contributed by atoms with E-state index in [2.05, 4.69) is 10.6 Å². The van der Waals surface area contributed by atoms with Crippen LogP contribution in [0.25, 0.3) is 0 Å². The van der Waals surface area contributed by atoms with Crippen LogP contribution >= 0.6 is 0 Å². The van der Waals surface area contributed by atoms with Crippen LogP contribution in [0.4, 0.5) is 0 Å². The van der Waals surface area contributed by atoms with Crippen LogP contribution in [0.15, 0.2) is 11.5 Å². The van der Waals surface area contributed by atoms with E-state index in [1.807, 2.05) is 0 Å². The molecule has 1 unspecified atom stereocenters. The molecule has 2 aliphatic rings. The summed E-state index contributed by atoms with van der Waals surface area (Å²) in [5, 5.41) is 7.14. The van der Waals surface area contributed by atoms with Gasteiger partial charge >= 0.3 is 0 Å². The minimum Gasteiger partial charge on any atom is -0.349 e. The molecule has 0 radical (unpaired) electrons. The lowest BCUT2D eigenvalue weighted by atomic mass is 9.97. The molecule has 0 aliphatic carbocycles. The van der Waals surface area contributed by atoms with Gasteiger partial charge in [-0.3, -0.25) is 4.79 Å². The molecule has 2 rings (SSSR count). The third-order valence-corrected chi connectivity index (χ3v) is 4.36. The highest BCUT2D eigenvalue weighted by Crippen LogP contribution is 2.14. The second-order valence-corrected chi connectivity index (χ2v) is 6.23. The van der Waals surface area contributed by atoms with E-state index in [1.54, 1.807) is 6.08 Å². The van der Waals surface area contributed by atoms with Crippen LogP contribution in [-0.4, -0.2) is 39.2 Å². The second-order valence-electron chi connectivity index (χ2n) is 4.30. The van der Waals surface area contributed by atoms with Gasteiger partial charge in [0.15, 0.2) is 9.84 Å². The van der Waals surface area contributed by atoms with Crippen molar-refractivity contribution in [1.29, 1.82) is 0 Å². The number of amides is 1. The molecule has 0 saturated carbocycles. The Hall–Kier alpha value is -0.880. The van der Waals surface area contributed by atoms with Crippen LogP contribution in [0, 0.1) is 5.92 Å². The van der Waals surface area contributed by atoms with Crippen LogP contribution in [-0.2, 0) is 14.6 Å². The fourth-order valence-corrected chi connectivity index (χ4v) is 3.29. The van der Waals surface area contributed by atoms with Crippen molar-refractivity contribution >= 4 is 15.7 Å². The molecule has 1 amide bonds. The topological polar surface area (TPSA) is 75.3 Å². The first-order chi connectivity index (χ1) is 7.57. The molecule has 90 valence electrons. The molecule has 0 aromatic rings. The lowest BCUT2D eigenvalue weighted by molar-refractivity contribution is -0.126. The van der Waals surface area contributed by atoms with Crippen molar-refractivity contribution in [2.45, 2.75) is 18.9 Å². The molecule has 6 heteroatoms. The number of hydrogen-bond acceptors (Lipinski definition) is 4. The van der Waals surface area contributed by atoms with Crippen molar-refractivity contribution in [3.63, 3.8) is 0 Å². The Labute approximate surface area is 95.2 Å². The molecular formula is C10H16N2O3S. The highest BCUT2D eigenvalue weighted by molar-refractivity contribution is 7.94. The number of piperidine rings is 1. The SMILES string of the molecule is O=C(NC1C=CS(=O)(=O)C1)C1CCNCC1. The Morgan fingerprint density at radius 2 is 2.00 bits per heavy atom. The maximum atomic E-state index is 11.8. The minimum atomic E-state index is -3.08. The van der Waals surface area contributed by atoms with Crippen molar-refractivity contribution < 1.29 is 13.2 Å². The Morgan fingerprint density at radius 3 is 2.56 bits per heavy atom. The molecule has 0 aromatic carbocycles. The van der Waals surface area contributed by atoms with Gasteiger partial charge in [-0.2, -0.15) is 0 Å². The van der Waals surface area contributed by atoms with Gasteiger partial charge in [0.1, 0.15) is 0 Å². The summed E-state index contributed by atoms with van der Waals surface area (Å²) in [6, 6.07) is -0.340. The summed E-state index contributed by atoms with van der Waals surface area (Å²) >= 11 is 0. The summed E-state index contributed by atoms with van der Waals surface area (Å²) in [6.45, 7) is 1.72. The van der Waals surface area contributed by atoms with Crippen LogP contribution in [0.5, 0.6) is 0 Å². The van der Waals surface area contributed by atoms with Gasteiger partial charge in [0, 0.05) is 11.3 Å². The Bertz CT molecular complexity index is 396. The van der Waals surface area contributed by atoms with E-state index in [9.17, 15) is 13.2 Å². The zero-order valence-corrected chi connectivity index (χ0v) is 9.79. The van der Waals surface area contributed by atoms with Crippen molar-refractivity contribution in [1.82, 2.24) is 10.6 Å². The largest absolute Gasteiger partial charge is 0.349 e. The zero-order valence-electron chi connectivity index (χ0n) is 8.98. The maximum absolute atomic E-state index is 11.8. The maximum Gasteiger partial charge on any atom is 0.223 e. The van der Waals surface area contributed by atoms with E-state index >= 15 is 0 Å². The molecule has 2 heterocycles. The first-order valence-corrected chi connectivity index (χ1v) is 7.20. The lowest BCUT2D eigenvalue weighted by Crippen LogP contribution is -2.43. The summed E-state index contributed by atoms with van der Waals surface area (Å²) in [5.74, 6) is 0.00943. The average Bonchev–Trinajstić information content (AvgIpc) is 2.59. The summed E-state index contributed by atoms with van der Waals surface area (Å²) in [5.41, 5.74) is 0. The number of carbonyl (C=O) groups is 1. The first-order valence-electron chi connectivity index (χ1n) is 5.49. The van der Waals surface area contributed by atoms with E-state index in [0.717, 1.165) is 25.9 Å². The Balaban J connectivity index is 1.86. The highest BCUT2D eigenvalue weighted by Gasteiger charge is 2.27. The van der Waals surface area contributed by atoms with Gasteiger partial charge in [-0.05, 0) is 32.0 Å². The van der Waals surface area contributed by atoms with Crippen LogP contribution in [0.1, 0.15) is 12.8 Å². The standard InChI is InChI=1S/C10H16N2O3S/c13-10(8-1-4-11-5-2-8)12-9-3-6-16(14,15)7-9/h3,6,8-9,11H,1-2,4-5,7H2,(H,12,13). The third-order valence-electron chi connectivity index (χ3n) is 2.97. The van der Waals surface area contributed by atoms with Crippen molar-refractivity contribution in [3.05, 3.63) is 11.5 Å². The monoisotopic (exact) mass is 244 g/mol. The molecule has 16 heavy (non-hydrogen) atoms. The van der Waals surface area contributed by atoms with Crippen LogP contribution in [0.3, 0.4) is 0 Å². The number of sulfone groups is 1. The number of carbonyl (C=O) groups excluding carboxylic acids is 1. The fourth-order valence-electron chi connectivity index (χ4n) is 2.05. The summed E-state index contributed by atoms with van der Waals surface area (Å²) in [7, 11) is -3.08. The van der Waals surface area contributed by atoms with Gasteiger partial charge in [-0.1, -0.05) is 0 Å². The van der Waals surface area contributed by atoms with Gasteiger partial charge in [-0.15, -0.1) is 0 Å². The number of hydrogen-bond donors (Lipinski definition) is 2. The van der Waals surface area contributed by atoms with Crippen molar-refractivity contribution in [3.8, 4) is 0 Å². The molecule has 5 nitrogen and oxygen atoms in total. The molecule has 1 saturated heterocycles. The van der Waals surface area contributed by atoms with E-state index in [1.165, 1.54) is 5.41 Å². The molecule has 1 atom stereocenters. The first kappa shape index (κ1) is 11.6. The van der Waals surface area contributed by atoms with E-state index in [-0.39, 0.29) is 23.6 Å². The van der Waals surface area contributed by atoms with E-state index in [4.69, 9.17) is 0 Å². The molecule has 0 aromatic heterocycles. The van der Waals surface area contributed by atoms with Gasteiger partial charge in [0.25, 0.3) is 0 Å². The Kier molecular flexibility index (Phi) is 3.30. The van der Waals surface area contributed by atoms with E-state index in [0.29, 0.717) is 0 Å². The zero-order chi connectivity index (χ0) is 11.6. The molecule has 1 fully saturated rings. The van der Waals surface area contributed by atoms with Crippen molar-refractivity contribution in [2.75, 3.05) is 18.8 Å². The predicted octanol–water partition coefficient (Wildman–Crippen LogP) is -0.587. The average molecular weight is 244 g/mol. The second kappa shape index (κ2) is 4.55. The number of nitrogens with one attached hydrogen (secondary N) is 2. The Morgan fingerprint density at radius 1 is 1.31 bits per heavy atom. The summed E-state index contributed by atoms with van der Waals surface area (Å²) in [6.07, 6.45) is 3.21. The van der Waals surface area contributed by atoms with Gasteiger partial charge < -0.3 is 10.6 Å². The smallest absolute Gasteiger partial charge is 0.223 e. The predicted molar refractivity (Wildman–Crippen MR) is 60.5 cm³/mol. The molecule has 0 spiro atoms. The van der Waals surface area contributed by atoms with E-state index < -0.39 is 9.84 Å². The minimum absolute atomic E-state index is 0.00368. The highest BCUT2D eigenvalue weighted by atomic mass is 32.2. The molecule has 2 N–H and O–H groups in total. The van der Waals surface area contributed by atoms with Crippen LogP contribution < -0.4 is 10.6 Å². The summed E-state index contributed by atoms with van der Waals surface area (Å²) < 4.78 is 22.3. The summed E-state index contributed by atoms with van der Waals surface area (Å²) in [4.78, 5) is 11.8. The molecule has 0 bridgehead atoms. The molecular weight excluding hydrogens is 228 g/mol. The lowest BCUT2D eigenvalue weighted by Gasteiger charge is -2.23. The quantitative estimate of drug-likeness (QED) is 0.681.